The lowest BCUT2D eigenvalue weighted by Gasteiger charge is -2.29. The van der Waals surface area contributed by atoms with Crippen LogP contribution in [-0.4, -0.2) is 52.7 Å². The maximum atomic E-state index is 13.1. The van der Waals surface area contributed by atoms with Gasteiger partial charge in [0.2, 0.25) is 11.8 Å². The van der Waals surface area contributed by atoms with Crippen LogP contribution in [0.3, 0.4) is 0 Å². The lowest BCUT2D eigenvalue weighted by Crippen LogP contribution is -2.39. The van der Waals surface area contributed by atoms with Gasteiger partial charge in [-0.1, -0.05) is 12.1 Å². The number of amides is 1. The van der Waals surface area contributed by atoms with Gasteiger partial charge in [-0.25, -0.2) is 4.98 Å². The molecular weight excluding hydrogens is 332 g/mol. The Hall–Kier alpha value is -2.80. The minimum atomic E-state index is -0.911. The highest BCUT2D eigenvalue weighted by molar-refractivity contribution is 6.11. The van der Waals surface area contributed by atoms with Crippen molar-refractivity contribution in [2.24, 2.45) is 0 Å². The smallest absolute Gasteiger partial charge is 0.241 e. The molecule has 7 heteroatoms. The van der Waals surface area contributed by atoms with Crippen molar-refractivity contribution in [3.8, 4) is 0 Å². The molecule has 7 nitrogen and oxygen atoms in total. The number of fused-ring (bicyclic) bond motifs is 1. The predicted molar refractivity (Wildman–Crippen MR) is 97.1 cm³/mol. The van der Waals surface area contributed by atoms with Crippen molar-refractivity contribution in [2.45, 2.75) is 25.8 Å². The third-order valence-corrected chi connectivity index (χ3v) is 4.40. The molecular formula is C19H22N4O3. The Morgan fingerprint density at radius 3 is 2.73 bits per heavy atom. The summed E-state index contributed by atoms with van der Waals surface area (Å²) in [5.74, 6) is -0.612. The summed E-state index contributed by atoms with van der Waals surface area (Å²) in [6.45, 7) is 2.47. The first kappa shape index (κ1) is 18.0. The number of carbonyl (C=O) groups is 3. The van der Waals surface area contributed by atoms with Gasteiger partial charge in [0.25, 0.3) is 0 Å². The number of hydrogen-bond acceptors (Lipinski definition) is 5. The SMILES string of the molecule is Cc1cccc(N2C(=O)CC(=O)n3ccnc3C2C(=O)CCN(C)C)c1. The zero-order valence-electron chi connectivity index (χ0n) is 15.2. The van der Waals surface area contributed by atoms with Gasteiger partial charge < -0.3 is 4.90 Å². The molecule has 0 N–H and O–H groups in total. The van der Waals surface area contributed by atoms with Gasteiger partial charge in [0.15, 0.2) is 11.8 Å². The van der Waals surface area contributed by atoms with E-state index in [9.17, 15) is 14.4 Å². The third kappa shape index (κ3) is 3.43. The summed E-state index contributed by atoms with van der Waals surface area (Å²) >= 11 is 0. The highest BCUT2D eigenvalue weighted by atomic mass is 16.2. The van der Waals surface area contributed by atoms with Crippen LogP contribution in [0.25, 0.3) is 0 Å². The first-order chi connectivity index (χ1) is 12.4. The van der Waals surface area contributed by atoms with E-state index in [2.05, 4.69) is 4.98 Å². The van der Waals surface area contributed by atoms with Crippen LogP contribution in [0, 0.1) is 6.92 Å². The molecule has 0 saturated carbocycles. The van der Waals surface area contributed by atoms with E-state index in [1.165, 1.54) is 21.9 Å². The predicted octanol–water partition coefficient (Wildman–Crippen LogP) is 1.83. The first-order valence-corrected chi connectivity index (χ1v) is 8.51. The number of rotatable bonds is 5. The molecule has 1 aliphatic rings. The van der Waals surface area contributed by atoms with Gasteiger partial charge in [-0.3, -0.25) is 23.9 Å². The molecule has 3 rings (SSSR count). The molecule has 1 aliphatic heterocycles. The summed E-state index contributed by atoms with van der Waals surface area (Å²) in [5.41, 5.74) is 1.57. The fourth-order valence-corrected chi connectivity index (χ4v) is 3.12. The van der Waals surface area contributed by atoms with Crippen LogP contribution in [-0.2, 0) is 9.59 Å². The second-order valence-corrected chi connectivity index (χ2v) is 6.75. The number of anilines is 1. The lowest BCUT2D eigenvalue weighted by molar-refractivity contribution is -0.125. The molecule has 26 heavy (non-hydrogen) atoms. The normalized spacial score (nSPS) is 17.4. The minimum Gasteiger partial charge on any atom is -0.309 e. The van der Waals surface area contributed by atoms with Gasteiger partial charge >= 0.3 is 0 Å². The van der Waals surface area contributed by atoms with Crippen LogP contribution in [0.5, 0.6) is 0 Å². The molecule has 1 atom stereocenters. The third-order valence-electron chi connectivity index (χ3n) is 4.40. The summed E-state index contributed by atoms with van der Waals surface area (Å²) in [5, 5.41) is 0. The number of nitrogens with zero attached hydrogens (tertiary/aromatic N) is 4. The van der Waals surface area contributed by atoms with E-state index >= 15 is 0 Å². The van der Waals surface area contributed by atoms with Crippen molar-refractivity contribution in [1.82, 2.24) is 14.5 Å². The zero-order valence-corrected chi connectivity index (χ0v) is 15.2. The van der Waals surface area contributed by atoms with Crippen molar-refractivity contribution in [2.75, 3.05) is 25.5 Å². The van der Waals surface area contributed by atoms with Gasteiger partial charge in [-0.2, -0.15) is 0 Å². The average Bonchev–Trinajstić information content (AvgIpc) is 3.02. The summed E-state index contributed by atoms with van der Waals surface area (Å²) in [6.07, 6.45) is 2.96. The summed E-state index contributed by atoms with van der Waals surface area (Å²) in [4.78, 5) is 45.9. The number of carbonyl (C=O) groups excluding carboxylic acids is 3. The van der Waals surface area contributed by atoms with Gasteiger partial charge in [-0.15, -0.1) is 0 Å². The second-order valence-electron chi connectivity index (χ2n) is 6.75. The Kier molecular flexibility index (Phi) is 4.99. The van der Waals surface area contributed by atoms with Crippen molar-refractivity contribution in [3.05, 3.63) is 48.0 Å². The van der Waals surface area contributed by atoms with Crippen LogP contribution < -0.4 is 4.90 Å². The van der Waals surface area contributed by atoms with Crippen molar-refractivity contribution in [1.29, 1.82) is 0 Å². The summed E-state index contributed by atoms with van der Waals surface area (Å²) in [6, 6.07) is 6.46. The van der Waals surface area contributed by atoms with Crippen molar-refractivity contribution >= 4 is 23.3 Å². The Morgan fingerprint density at radius 2 is 2.04 bits per heavy atom. The largest absolute Gasteiger partial charge is 0.309 e. The molecule has 0 bridgehead atoms. The molecule has 0 aliphatic carbocycles. The molecule has 1 unspecified atom stereocenters. The van der Waals surface area contributed by atoms with Crippen LogP contribution in [0.2, 0.25) is 0 Å². The molecule has 0 fully saturated rings. The van der Waals surface area contributed by atoms with Gasteiger partial charge in [0.1, 0.15) is 12.2 Å². The summed E-state index contributed by atoms with van der Waals surface area (Å²) < 4.78 is 1.33. The number of imidazole rings is 1. The quantitative estimate of drug-likeness (QED) is 0.766. The number of hydrogen-bond donors (Lipinski definition) is 0. The Bertz CT molecular complexity index is 856. The highest BCUT2D eigenvalue weighted by Crippen LogP contribution is 2.32. The van der Waals surface area contributed by atoms with Crippen molar-refractivity contribution < 1.29 is 14.4 Å². The van der Waals surface area contributed by atoms with E-state index in [4.69, 9.17) is 0 Å². The van der Waals surface area contributed by atoms with E-state index in [0.717, 1.165) is 5.56 Å². The molecule has 1 amide bonds. The van der Waals surface area contributed by atoms with E-state index in [0.29, 0.717) is 18.1 Å². The van der Waals surface area contributed by atoms with Crippen LogP contribution >= 0.6 is 0 Å². The summed E-state index contributed by atoms with van der Waals surface area (Å²) in [7, 11) is 3.77. The molecule has 136 valence electrons. The molecule has 1 aromatic carbocycles. The minimum absolute atomic E-state index is 0.143. The Labute approximate surface area is 152 Å². The maximum absolute atomic E-state index is 13.1. The number of aryl methyl sites for hydroxylation is 1. The van der Waals surface area contributed by atoms with E-state index < -0.39 is 11.9 Å². The first-order valence-electron chi connectivity index (χ1n) is 8.51. The standard InChI is InChI=1S/C19H22N4O3/c1-13-5-4-6-14(11-13)23-17(26)12-16(25)22-10-8-20-19(22)18(23)15(24)7-9-21(2)3/h4-6,8,10-11,18H,7,9,12H2,1-3H3. The van der Waals surface area contributed by atoms with Gasteiger partial charge in [0.05, 0.1) is 0 Å². The van der Waals surface area contributed by atoms with E-state index in [1.807, 2.05) is 44.1 Å². The topological polar surface area (TPSA) is 75.5 Å². The van der Waals surface area contributed by atoms with Crippen molar-refractivity contribution in [3.63, 3.8) is 0 Å². The number of ketones is 1. The van der Waals surface area contributed by atoms with Crippen LogP contribution in [0.15, 0.2) is 36.7 Å². The lowest BCUT2D eigenvalue weighted by atomic mass is 10.0. The molecule has 0 saturated heterocycles. The highest BCUT2D eigenvalue weighted by Gasteiger charge is 2.39. The van der Waals surface area contributed by atoms with E-state index in [1.54, 1.807) is 6.07 Å². The second kappa shape index (κ2) is 7.21. The average molecular weight is 354 g/mol. The van der Waals surface area contributed by atoms with Crippen LogP contribution in [0.1, 0.15) is 35.1 Å². The number of aromatic nitrogens is 2. The Morgan fingerprint density at radius 1 is 1.27 bits per heavy atom. The maximum Gasteiger partial charge on any atom is 0.241 e. The van der Waals surface area contributed by atoms with Gasteiger partial charge in [-0.05, 0) is 38.7 Å². The van der Waals surface area contributed by atoms with Crippen LogP contribution in [0.4, 0.5) is 5.69 Å². The van der Waals surface area contributed by atoms with E-state index in [-0.39, 0.29) is 24.5 Å². The number of Topliss-reactive ketones (excluding diaryl/α,β-unsaturated/α-hetero) is 1. The molecule has 0 spiro atoms. The Balaban J connectivity index is 2.10. The molecule has 0 radical (unpaired) electrons. The fraction of sp³-hybridized carbons (Fsp3) is 0.368. The monoisotopic (exact) mass is 354 g/mol. The fourth-order valence-electron chi connectivity index (χ4n) is 3.12. The van der Waals surface area contributed by atoms with Gasteiger partial charge in [0, 0.05) is 31.0 Å². The zero-order chi connectivity index (χ0) is 18.8. The molecule has 2 heterocycles. The molecule has 1 aromatic heterocycles. The number of benzene rings is 1. The molecule has 2 aromatic rings.